The Kier molecular flexibility index (Phi) is 7.78. The maximum absolute atomic E-state index is 11.8. The first-order valence-electron chi connectivity index (χ1n) is 8.52. The van der Waals surface area contributed by atoms with Gasteiger partial charge in [0.2, 0.25) is 5.91 Å². The Morgan fingerprint density at radius 3 is 2.44 bits per heavy atom. The monoisotopic (exact) mass is 365 g/mol. The zero-order valence-corrected chi connectivity index (χ0v) is 15.4. The lowest BCUT2D eigenvalue weighted by Gasteiger charge is -2.04. The number of carbonyl (C=O) groups is 2. The highest BCUT2D eigenvalue weighted by Crippen LogP contribution is 2.12. The Labute approximate surface area is 158 Å². The lowest BCUT2D eigenvalue weighted by Crippen LogP contribution is -2.34. The first-order valence-corrected chi connectivity index (χ1v) is 8.52. The van der Waals surface area contributed by atoms with Gasteiger partial charge in [0, 0.05) is 18.2 Å². The van der Waals surface area contributed by atoms with Crippen LogP contribution in [0.15, 0.2) is 65.8 Å². The van der Waals surface area contributed by atoms with Gasteiger partial charge in [0.15, 0.2) is 0 Å². The smallest absolute Gasteiger partial charge is 0.259 e. The van der Waals surface area contributed by atoms with Crippen molar-refractivity contribution in [1.29, 1.82) is 0 Å². The summed E-state index contributed by atoms with van der Waals surface area (Å²) in [5.41, 5.74) is 5.19. The molecule has 2 aromatic rings. The van der Waals surface area contributed by atoms with Gasteiger partial charge in [0.25, 0.3) is 5.91 Å². The standard InChI is InChI=1S/C21H23N3O3/c1-16(14-18-6-4-3-5-7-18)23-24-21(26)15-22-20(25)13-10-17-8-11-19(27-2)12-9-17/h3-13H,14-15H2,1-2H3,(H,22,25)(H,24,26)/b13-10+,23-16?. The molecule has 0 aromatic heterocycles. The van der Waals surface area contributed by atoms with E-state index in [1.165, 1.54) is 6.08 Å². The van der Waals surface area contributed by atoms with Gasteiger partial charge < -0.3 is 10.1 Å². The van der Waals surface area contributed by atoms with Gasteiger partial charge >= 0.3 is 0 Å². The molecule has 0 radical (unpaired) electrons. The third-order valence-electron chi connectivity index (χ3n) is 3.64. The number of methoxy groups -OCH3 is 1. The first-order chi connectivity index (χ1) is 13.1. The first kappa shape index (κ1) is 19.9. The molecule has 0 atom stereocenters. The van der Waals surface area contributed by atoms with E-state index < -0.39 is 0 Å². The fourth-order valence-electron chi connectivity index (χ4n) is 2.24. The van der Waals surface area contributed by atoms with Gasteiger partial charge in [0.1, 0.15) is 5.75 Å². The molecule has 27 heavy (non-hydrogen) atoms. The molecule has 0 aliphatic carbocycles. The van der Waals surface area contributed by atoms with Crippen molar-refractivity contribution in [1.82, 2.24) is 10.7 Å². The van der Waals surface area contributed by atoms with E-state index in [1.54, 1.807) is 25.3 Å². The van der Waals surface area contributed by atoms with Crippen LogP contribution in [-0.2, 0) is 16.0 Å². The van der Waals surface area contributed by atoms with Crippen molar-refractivity contribution >= 4 is 23.6 Å². The normalized spacial score (nSPS) is 11.3. The van der Waals surface area contributed by atoms with Crippen LogP contribution in [0.25, 0.3) is 6.08 Å². The highest BCUT2D eigenvalue weighted by atomic mass is 16.5. The zero-order valence-electron chi connectivity index (χ0n) is 15.4. The summed E-state index contributed by atoms with van der Waals surface area (Å²) in [4.78, 5) is 23.6. The second-order valence-electron chi connectivity index (χ2n) is 5.87. The molecular formula is C21H23N3O3. The Balaban J connectivity index is 1.73. The fraction of sp³-hybridized carbons (Fsp3) is 0.190. The van der Waals surface area contributed by atoms with Crippen LogP contribution in [0.4, 0.5) is 0 Å². The molecule has 140 valence electrons. The molecule has 0 fully saturated rings. The quantitative estimate of drug-likeness (QED) is 0.429. The van der Waals surface area contributed by atoms with Crippen molar-refractivity contribution in [2.45, 2.75) is 13.3 Å². The molecule has 0 aliphatic rings. The summed E-state index contributed by atoms with van der Waals surface area (Å²) in [5.74, 6) is 0.0101. The molecule has 2 aromatic carbocycles. The summed E-state index contributed by atoms with van der Waals surface area (Å²) in [6.07, 6.45) is 3.69. The highest BCUT2D eigenvalue weighted by Gasteiger charge is 2.03. The summed E-state index contributed by atoms with van der Waals surface area (Å²) in [5, 5.41) is 6.56. The number of rotatable bonds is 8. The summed E-state index contributed by atoms with van der Waals surface area (Å²) in [6.45, 7) is 1.69. The Bertz CT molecular complexity index is 812. The van der Waals surface area contributed by atoms with Gasteiger partial charge in [-0.05, 0) is 36.3 Å². The Hall–Kier alpha value is -3.41. The number of amides is 2. The molecule has 6 heteroatoms. The van der Waals surface area contributed by atoms with Gasteiger partial charge in [-0.1, -0.05) is 42.5 Å². The van der Waals surface area contributed by atoms with Crippen LogP contribution in [0.3, 0.4) is 0 Å². The molecule has 0 saturated heterocycles. The van der Waals surface area contributed by atoms with E-state index in [-0.39, 0.29) is 18.4 Å². The van der Waals surface area contributed by atoms with Crippen molar-refractivity contribution in [2.24, 2.45) is 5.10 Å². The van der Waals surface area contributed by atoms with Crippen molar-refractivity contribution in [3.05, 3.63) is 71.8 Å². The van der Waals surface area contributed by atoms with E-state index in [0.29, 0.717) is 6.42 Å². The number of ether oxygens (including phenoxy) is 1. The van der Waals surface area contributed by atoms with E-state index in [2.05, 4.69) is 15.8 Å². The van der Waals surface area contributed by atoms with Crippen LogP contribution in [-0.4, -0.2) is 31.2 Å². The van der Waals surface area contributed by atoms with E-state index >= 15 is 0 Å². The molecule has 0 spiro atoms. The SMILES string of the molecule is COc1ccc(/C=C/C(=O)NCC(=O)NN=C(C)Cc2ccccc2)cc1. The van der Waals surface area contributed by atoms with Gasteiger partial charge in [-0.2, -0.15) is 5.10 Å². The summed E-state index contributed by atoms with van der Waals surface area (Å²) < 4.78 is 5.07. The van der Waals surface area contributed by atoms with Crippen molar-refractivity contribution < 1.29 is 14.3 Å². The number of hydrogen-bond acceptors (Lipinski definition) is 4. The summed E-state index contributed by atoms with van der Waals surface area (Å²) >= 11 is 0. The zero-order chi connectivity index (χ0) is 19.5. The molecule has 0 saturated carbocycles. The number of benzene rings is 2. The third kappa shape index (κ3) is 7.56. The van der Waals surface area contributed by atoms with Gasteiger partial charge in [0.05, 0.1) is 13.7 Å². The van der Waals surface area contributed by atoms with Crippen LogP contribution in [0.5, 0.6) is 5.75 Å². The van der Waals surface area contributed by atoms with E-state index in [1.807, 2.05) is 49.4 Å². The summed E-state index contributed by atoms with van der Waals surface area (Å²) in [7, 11) is 1.59. The molecule has 0 bridgehead atoms. The van der Waals surface area contributed by atoms with Crippen molar-refractivity contribution in [3.63, 3.8) is 0 Å². The Morgan fingerprint density at radius 2 is 1.78 bits per heavy atom. The van der Waals surface area contributed by atoms with E-state index in [0.717, 1.165) is 22.6 Å². The largest absolute Gasteiger partial charge is 0.497 e. The molecule has 2 amide bonds. The number of carbonyl (C=O) groups excluding carboxylic acids is 2. The fourth-order valence-corrected chi connectivity index (χ4v) is 2.24. The highest BCUT2D eigenvalue weighted by molar-refractivity contribution is 5.94. The Morgan fingerprint density at radius 1 is 1.07 bits per heavy atom. The van der Waals surface area contributed by atoms with Gasteiger partial charge in [-0.15, -0.1) is 0 Å². The van der Waals surface area contributed by atoms with Crippen molar-refractivity contribution in [3.8, 4) is 5.75 Å². The van der Waals surface area contributed by atoms with E-state index in [9.17, 15) is 9.59 Å². The molecule has 0 unspecified atom stereocenters. The van der Waals surface area contributed by atoms with Crippen LogP contribution in [0.2, 0.25) is 0 Å². The van der Waals surface area contributed by atoms with Crippen LogP contribution in [0.1, 0.15) is 18.1 Å². The molecule has 2 rings (SSSR count). The van der Waals surface area contributed by atoms with E-state index in [4.69, 9.17) is 4.74 Å². The lowest BCUT2D eigenvalue weighted by molar-refractivity contribution is -0.123. The van der Waals surface area contributed by atoms with Crippen LogP contribution >= 0.6 is 0 Å². The average Bonchev–Trinajstić information content (AvgIpc) is 2.70. The molecule has 0 heterocycles. The lowest BCUT2D eigenvalue weighted by atomic mass is 10.1. The number of nitrogens with one attached hydrogen (secondary N) is 2. The molecular weight excluding hydrogens is 342 g/mol. The van der Waals surface area contributed by atoms with Crippen molar-refractivity contribution in [2.75, 3.05) is 13.7 Å². The molecule has 6 nitrogen and oxygen atoms in total. The third-order valence-corrected chi connectivity index (χ3v) is 3.64. The number of hydrogen-bond donors (Lipinski definition) is 2. The maximum Gasteiger partial charge on any atom is 0.259 e. The number of nitrogens with zero attached hydrogens (tertiary/aromatic N) is 1. The van der Waals surface area contributed by atoms with Gasteiger partial charge in [-0.3, -0.25) is 9.59 Å². The molecule has 2 N–H and O–H groups in total. The van der Waals surface area contributed by atoms with Gasteiger partial charge in [-0.25, -0.2) is 5.43 Å². The topological polar surface area (TPSA) is 79.8 Å². The molecule has 0 aliphatic heterocycles. The minimum atomic E-state index is -0.381. The minimum Gasteiger partial charge on any atom is -0.497 e. The average molecular weight is 365 g/mol. The minimum absolute atomic E-state index is 0.145. The summed E-state index contributed by atoms with van der Waals surface area (Å²) in [6, 6.07) is 17.1. The van der Waals surface area contributed by atoms with Crippen LogP contribution in [0, 0.1) is 0 Å². The predicted octanol–water partition coefficient (Wildman–Crippen LogP) is 2.56. The second kappa shape index (κ2) is 10.6. The predicted molar refractivity (Wildman–Crippen MR) is 106 cm³/mol. The second-order valence-corrected chi connectivity index (χ2v) is 5.87. The maximum atomic E-state index is 11.8. The van der Waals surface area contributed by atoms with Crippen LogP contribution < -0.4 is 15.5 Å². The number of hydrazone groups is 1.